The fourth-order valence-corrected chi connectivity index (χ4v) is 1.09. The topological polar surface area (TPSA) is 9.23 Å². The molecule has 0 aliphatic rings. The average molecular weight is 203 g/mol. The lowest BCUT2D eigenvalue weighted by Gasteiger charge is -2.14. The predicted octanol–water partition coefficient (Wildman–Crippen LogP) is 3.55. The molecule has 0 aliphatic carbocycles. The van der Waals surface area contributed by atoms with Crippen molar-refractivity contribution in [3.05, 3.63) is 35.7 Å². The van der Waals surface area contributed by atoms with Crippen LogP contribution in [0.25, 0.3) is 0 Å². The summed E-state index contributed by atoms with van der Waals surface area (Å²) >= 11 is 0. The van der Waals surface area contributed by atoms with Gasteiger partial charge in [0.1, 0.15) is 5.75 Å². The summed E-state index contributed by atoms with van der Waals surface area (Å²) in [6, 6.07) is 6.07. The van der Waals surface area contributed by atoms with E-state index in [2.05, 4.69) is 4.74 Å². The standard InChI is InChI=1S/C10H10F3O/c1-7(2)8-5-3-4-6-9(8)14-10(11,12)13/h3-6H,1-2H3. The molecule has 0 saturated heterocycles. The van der Waals surface area contributed by atoms with Crippen LogP contribution in [0.1, 0.15) is 19.4 Å². The first-order valence-corrected chi connectivity index (χ1v) is 4.05. The number of hydrogen-bond donors (Lipinski definition) is 0. The zero-order valence-electron chi connectivity index (χ0n) is 7.85. The van der Waals surface area contributed by atoms with E-state index in [-0.39, 0.29) is 5.75 Å². The SMILES string of the molecule is C[C](C)c1ccccc1OC(F)(F)F. The zero-order valence-corrected chi connectivity index (χ0v) is 7.85. The molecule has 1 nitrogen and oxygen atoms in total. The molecule has 0 bridgehead atoms. The fourth-order valence-electron chi connectivity index (χ4n) is 1.09. The molecule has 14 heavy (non-hydrogen) atoms. The summed E-state index contributed by atoms with van der Waals surface area (Å²) in [6.07, 6.45) is -4.63. The monoisotopic (exact) mass is 203 g/mol. The highest BCUT2D eigenvalue weighted by Gasteiger charge is 2.32. The summed E-state index contributed by atoms with van der Waals surface area (Å²) in [7, 11) is 0. The molecule has 1 rings (SSSR count). The smallest absolute Gasteiger partial charge is 0.405 e. The lowest BCUT2D eigenvalue weighted by molar-refractivity contribution is -0.274. The number of halogens is 3. The van der Waals surface area contributed by atoms with Gasteiger partial charge in [0.05, 0.1) is 0 Å². The molecule has 77 valence electrons. The van der Waals surface area contributed by atoms with E-state index in [4.69, 9.17) is 0 Å². The van der Waals surface area contributed by atoms with Crippen molar-refractivity contribution in [3.8, 4) is 5.75 Å². The van der Waals surface area contributed by atoms with Gasteiger partial charge in [0.15, 0.2) is 0 Å². The maximum atomic E-state index is 12.0. The van der Waals surface area contributed by atoms with Crippen LogP contribution in [0.4, 0.5) is 13.2 Å². The molecule has 0 unspecified atom stereocenters. The largest absolute Gasteiger partial charge is 0.573 e. The molecule has 1 aromatic carbocycles. The molecule has 0 fully saturated rings. The van der Waals surface area contributed by atoms with Crippen LogP contribution in [-0.2, 0) is 0 Å². The van der Waals surface area contributed by atoms with E-state index in [9.17, 15) is 13.2 Å². The van der Waals surface area contributed by atoms with Crippen molar-refractivity contribution in [1.82, 2.24) is 0 Å². The van der Waals surface area contributed by atoms with Crippen LogP contribution in [0.2, 0.25) is 0 Å². The Labute approximate surface area is 80.5 Å². The molecule has 0 spiro atoms. The number of alkyl halides is 3. The first kappa shape index (κ1) is 10.9. The molecule has 1 radical (unpaired) electrons. The van der Waals surface area contributed by atoms with Gasteiger partial charge < -0.3 is 4.74 Å². The van der Waals surface area contributed by atoms with Gasteiger partial charge in [0, 0.05) is 11.5 Å². The molecule has 0 N–H and O–H groups in total. The average Bonchev–Trinajstić information content (AvgIpc) is 2.01. The number of hydrogen-bond acceptors (Lipinski definition) is 1. The summed E-state index contributed by atoms with van der Waals surface area (Å²) in [5.74, 6) is 0.629. The van der Waals surface area contributed by atoms with E-state index in [1.165, 1.54) is 12.1 Å². The van der Waals surface area contributed by atoms with Crippen molar-refractivity contribution in [2.75, 3.05) is 0 Å². The van der Waals surface area contributed by atoms with Gasteiger partial charge in [0.2, 0.25) is 0 Å². The molecule has 4 heteroatoms. The lowest BCUT2D eigenvalue weighted by Crippen LogP contribution is -2.18. The quantitative estimate of drug-likeness (QED) is 0.714. The van der Waals surface area contributed by atoms with E-state index in [0.29, 0.717) is 5.56 Å². The molecule has 0 atom stereocenters. The summed E-state index contributed by atoms with van der Waals surface area (Å²) < 4.78 is 39.7. The Balaban J connectivity index is 2.96. The Morgan fingerprint density at radius 3 is 2.21 bits per heavy atom. The van der Waals surface area contributed by atoms with Crippen LogP contribution in [-0.4, -0.2) is 6.36 Å². The normalized spacial score (nSPS) is 11.9. The van der Waals surface area contributed by atoms with Gasteiger partial charge in [-0.2, -0.15) is 0 Å². The summed E-state index contributed by atoms with van der Waals surface area (Å²) in [6.45, 7) is 3.47. The van der Waals surface area contributed by atoms with Crippen molar-refractivity contribution in [1.29, 1.82) is 0 Å². The van der Waals surface area contributed by atoms with Crippen molar-refractivity contribution < 1.29 is 17.9 Å². The first-order chi connectivity index (χ1) is 6.40. The molecule has 0 heterocycles. The van der Waals surface area contributed by atoms with Gasteiger partial charge in [-0.25, -0.2) is 0 Å². The zero-order chi connectivity index (χ0) is 10.8. The van der Waals surface area contributed by atoms with Crippen molar-refractivity contribution in [2.45, 2.75) is 20.2 Å². The van der Waals surface area contributed by atoms with Crippen molar-refractivity contribution in [2.24, 2.45) is 0 Å². The fraction of sp³-hybridized carbons (Fsp3) is 0.300. The third-order valence-corrected chi connectivity index (χ3v) is 1.65. The van der Waals surface area contributed by atoms with Crippen molar-refractivity contribution in [3.63, 3.8) is 0 Å². The van der Waals surface area contributed by atoms with Gasteiger partial charge >= 0.3 is 6.36 Å². The predicted molar refractivity (Wildman–Crippen MR) is 46.8 cm³/mol. The second-order valence-corrected chi connectivity index (χ2v) is 3.04. The van der Waals surface area contributed by atoms with E-state index >= 15 is 0 Å². The number of ether oxygens (including phenoxy) is 1. The van der Waals surface area contributed by atoms with Crippen LogP contribution in [0.5, 0.6) is 5.75 Å². The molecular formula is C10H10F3O. The Kier molecular flexibility index (Phi) is 3.03. The molecule has 0 amide bonds. The molecular weight excluding hydrogens is 193 g/mol. The minimum atomic E-state index is -4.63. The van der Waals surface area contributed by atoms with Crippen molar-refractivity contribution >= 4 is 0 Å². The third kappa shape index (κ3) is 2.94. The Morgan fingerprint density at radius 2 is 1.71 bits per heavy atom. The second kappa shape index (κ2) is 3.90. The van der Waals surface area contributed by atoms with E-state index in [1.807, 2.05) is 0 Å². The number of rotatable bonds is 2. The van der Waals surface area contributed by atoms with Crippen LogP contribution < -0.4 is 4.74 Å². The van der Waals surface area contributed by atoms with Gasteiger partial charge in [-0.1, -0.05) is 32.0 Å². The molecule has 0 saturated carbocycles. The molecule has 0 aromatic heterocycles. The lowest BCUT2D eigenvalue weighted by atomic mass is 10.0. The van der Waals surface area contributed by atoms with Gasteiger partial charge in [-0.15, -0.1) is 13.2 Å². The molecule has 1 aromatic rings. The van der Waals surface area contributed by atoms with Crippen LogP contribution >= 0.6 is 0 Å². The highest BCUT2D eigenvalue weighted by molar-refractivity contribution is 5.41. The van der Waals surface area contributed by atoms with Gasteiger partial charge in [-0.3, -0.25) is 0 Å². The number of para-hydroxylation sites is 1. The summed E-state index contributed by atoms with van der Waals surface area (Å²) in [5.41, 5.74) is 0.477. The Hall–Kier alpha value is -1.19. The maximum Gasteiger partial charge on any atom is 0.573 e. The Morgan fingerprint density at radius 1 is 1.14 bits per heavy atom. The van der Waals surface area contributed by atoms with E-state index < -0.39 is 6.36 Å². The summed E-state index contributed by atoms with van der Waals surface area (Å²) in [4.78, 5) is 0. The minimum absolute atomic E-state index is 0.153. The highest BCUT2D eigenvalue weighted by Crippen LogP contribution is 2.30. The maximum absolute atomic E-state index is 12.0. The van der Waals surface area contributed by atoms with Gasteiger partial charge in [0.25, 0.3) is 0 Å². The summed E-state index contributed by atoms with van der Waals surface area (Å²) in [5, 5.41) is 0. The molecule has 0 aliphatic heterocycles. The highest BCUT2D eigenvalue weighted by atomic mass is 19.4. The Bertz CT molecular complexity index is 304. The van der Waals surface area contributed by atoms with Crippen LogP contribution in [0.3, 0.4) is 0 Å². The van der Waals surface area contributed by atoms with Crippen LogP contribution in [0, 0.1) is 5.92 Å². The van der Waals surface area contributed by atoms with E-state index in [1.54, 1.807) is 26.0 Å². The van der Waals surface area contributed by atoms with Crippen LogP contribution in [0.15, 0.2) is 24.3 Å². The van der Waals surface area contributed by atoms with E-state index in [0.717, 1.165) is 5.92 Å². The first-order valence-electron chi connectivity index (χ1n) is 4.05. The van der Waals surface area contributed by atoms with Gasteiger partial charge in [-0.05, 0) is 6.07 Å². The number of benzene rings is 1. The second-order valence-electron chi connectivity index (χ2n) is 3.04. The minimum Gasteiger partial charge on any atom is -0.405 e. The third-order valence-electron chi connectivity index (χ3n) is 1.65.